The summed E-state index contributed by atoms with van der Waals surface area (Å²) in [6, 6.07) is 8.84. The number of fused-ring (bicyclic) bond motifs is 1. The zero-order valence-electron chi connectivity index (χ0n) is 13.1. The van der Waals surface area contributed by atoms with Crippen molar-refractivity contribution in [2.75, 3.05) is 0 Å². The highest BCUT2D eigenvalue weighted by Gasteiger charge is 2.26. The van der Waals surface area contributed by atoms with Crippen LogP contribution in [-0.4, -0.2) is 11.2 Å². The van der Waals surface area contributed by atoms with Crippen molar-refractivity contribution in [1.82, 2.24) is 0 Å². The van der Waals surface area contributed by atoms with Gasteiger partial charge in [0.1, 0.15) is 0 Å². The highest BCUT2D eigenvalue weighted by molar-refractivity contribution is 5.32. The van der Waals surface area contributed by atoms with Crippen molar-refractivity contribution in [2.45, 2.75) is 77.2 Å². The molecule has 1 nitrogen and oxygen atoms in total. The number of aryl methyl sites for hydroxylation is 1. The molecular formula is C19H30O. The van der Waals surface area contributed by atoms with Crippen LogP contribution in [-0.2, 0) is 6.42 Å². The quantitative estimate of drug-likeness (QED) is 0.735. The fourth-order valence-electron chi connectivity index (χ4n) is 3.85. The minimum absolute atomic E-state index is 0.119. The van der Waals surface area contributed by atoms with Gasteiger partial charge in [-0.3, -0.25) is 0 Å². The van der Waals surface area contributed by atoms with Crippen molar-refractivity contribution in [3.8, 4) is 0 Å². The molecule has 112 valence electrons. The van der Waals surface area contributed by atoms with Gasteiger partial charge < -0.3 is 5.11 Å². The van der Waals surface area contributed by atoms with Crippen molar-refractivity contribution in [1.29, 1.82) is 0 Å². The fraction of sp³-hybridized carbons (Fsp3) is 0.684. The molecule has 1 aromatic carbocycles. The molecule has 0 spiro atoms. The van der Waals surface area contributed by atoms with Crippen LogP contribution in [0.2, 0.25) is 0 Å². The summed E-state index contributed by atoms with van der Waals surface area (Å²) in [6.07, 6.45) is 9.29. The highest BCUT2D eigenvalue weighted by Crippen LogP contribution is 2.36. The molecule has 0 bridgehead atoms. The lowest BCUT2D eigenvalue weighted by molar-refractivity contribution is 0.0790. The average Bonchev–Trinajstić information content (AvgIpc) is 2.47. The maximum atomic E-state index is 10.6. The van der Waals surface area contributed by atoms with Gasteiger partial charge in [-0.2, -0.15) is 0 Å². The monoisotopic (exact) mass is 274 g/mol. The Hall–Kier alpha value is -0.820. The van der Waals surface area contributed by atoms with Crippen LogP contribution in [0.15, 0.2) is 24.3 Å². The number of rotatable bonds is 7. The van der Waals surface area contributed by atoms with Crippen LogP contribution in [0.1, 0.15) is 75.8 Å². The van der Waals surface area contributed by atoms with E-state index in [1.165, 1.54) is 56.1 Å². The van der Waals surface area contributed by atoms with Gasteiger partial charge in [0.15, 0.2) is 0 Å². The smallest absolute Gasteiger partial charge is 0.0574 e. The van der Waals surface area contributed by atoms with E-state index in [9.17, 15) is 5.11 Å². The molecule has 0 heterocycles. The first-order valence-electron chi connectivity index (χ1n) is 8.52. The van der Waals surface area contributed by atoms with Crippen LogP contribution in [0, 0.1) is 5.92 Å². The highest BCUT2D eigenvalue weighted by atomic mass is 16.3. The molecule has 1 heteroatoms. The van der Waals surface area contributed by atoms with Crippen LogP contribution in [0.25, 0.3) is 0 Å². The summed E-state index contributed by atoms with van der Waals surface area (Å²) in [5.74, 6) is 1.07. The van der Waals surface area contributed by atoms with Gasteiger partial charge >= 0.3 is 0 Å². The van der Waals surface area contributed by atoms with E-state index in [1.807, 2.05) is 0 Å². The topological polar surface area (TPSA) is 20.2 Å². The number of hydrogen-bond acceptors (Lipinski definition) is 1. The van der Waals surface area contributed by atoms with E-state index in [1.54, 1.807) is 0 Å². The third kappa shape index (κ3) is 3.85. The molecular weight excluding hydrogens is 244 g/mol. The minimum atomic E-state index is -0.119. The Bertz CT molecular complexity index is 393. The summed E-state index contributed by atoms with van der Waals surface area (Å²) >= 11 is 0. The molecule has 0 saturated heterocycles. The lowest BCUT2D eigenvalue weighted by Gasteiger charge is -2.30. The van der Waals surface area contributed by atoms with Gasteiger partial charge in [-0.05, 0) is 61.5 Å². The molecule has 0 fully saturated rings. The Morgan fingerprint density at radius 1 is 1.15 bits per heavy atom. The lowest BCUT2D eigenvalue weighted by Crippen LogP contribution is -2.24. The molecule has 1 N–H and O–H groups in total. The maximum Gasteiger partial charge on any atom is 0.0574 e. The van der Waals surface area contributed by atoms with Gasteiger partial charge in [0, 0.05) is 0 Å². The van der Waals surface area contributed by atoms with Crippen molar-refractivity contribution in [2.24, 2.45) is 5.92 Å². The molecule has 0 aliphatic heterocycles. The molecule has 1 aromatic rings. The van der Waals surface area contributed by atoms with Crippen LogP contribution in [0.3, 0.4) is 0 Å². The molecule has 0 radical (unpaired) electrons. The fourth-order valence-corrected chi connectivity index (χ4v) is 3.85. The lowest BCUT2D eigenvalue weighted by atomic mass is 9.77. The first kappa shape index (κ1) is 15.6. The van der Waals surface area contributed by atoms with Gasteiger partial charge in [-0.25, -0.2) is 0 Å². The molecule has 1 aliphatic rings. The summed E-state index contributed by atoms with van der Waals surface area (Å²) in [6.45, 7) is 4.45. The standard InChI is InChI=1S/C19H30O/c1-3-8-16(9-4-2)19(20)14-17-12-7-11-15-10-5-6-13-18(15)17/h5-6,10,13,16-17,19-20H,3-4,7-9,11-12,14H2,1-2H3. The summed E-state index contributed by atoms with van der Waals surface area (Å²) in [5.41, 5.74) is 3.02. The van der Waals surface area contributed by atoms with E-state index in [2.05, 4.69) is 38.1 Å². The Balaban J connectivity index is 2.02. The van der Waals surface area contributed by atoms with Crippen molar-refractivity contribution in [3.05, 3.63) is 35.4 Å². The van der Waals surface area contributed by atoms with Gasteiger partial charge in [0.25, 0.3) is 0 Å². The third-order valence-electron chi connectivity index (χ3n) is 4.88. The van der Waals surface area contributed by atoms with Gasteiger partial charge in [-0.15, -0.1) is 0 Å². The van der Waals surface area contributed by atoms with Gasteiger partial charge in [0.05, 0.1) is 6.10 Å². The van der Waals surface area contributed by atoms with Crippen LogP contribution in [0.5, 0.6) is 0 Å². The number of hydrogen-bond donors (Lipinski definition) is 1. The molecule has 2 rings (SSSR count). The molecule has 20 heavy (non-hydrogen) atoms. The summed E-state index contributed by atoms with van der Waals surface area (Å²) < 4.78 is 0. The predicted molar refractivity (Wildman–Crippen MR) is 86.1 cm³/mol. The molecule has 2 atom stereocenters. The second-order valence-corrected chi connectivity index (χ2v) is 6.43. The molecule has 0 aromatic heterocycles. The van der Waals surface area contributed by atoms with Crippen LogP contribution < -0.4 is 0 Å². The zero-order valence-corrected chi connectivity index (χ0v) is 13.1. The van der Waals surface area contributed by atoms with Crippen LogP contribution in [0.4, 0.5) is 0 Å². The van der Waals surface area contributed by atoms with Crippen LogP contribution >= 0.6 is 0 Å². The number of aliphatic hydroxyl groups excluding tert-OH is 1. The number of benzene rings is 1. The van der Waals surface area contributed by atoms with E-state index in [0.717, 1.165) is 6.42 Å². The molecule has 1 aliphatic carbocycles. The molecule has 2 unspecified atom stereocenters. The third-order valence-corrected chi connectivity index (χ3v) is 4.88. The maximum absolute atomic E-state index is 10.6. The average molecular weight is 274 g/mol. The summed E-state index contributed by atoms with van der Waals surface area (Å²) in [7, 11) is 0. The van der Waals surface area contributed by atoms with E-state index in [4.69, 9.17) is 0 Å². The Labute approximate surface area is 124 Å². The van der Waals surface area contributed by atoms with E-state index in [-0.39, 0.29) is 6.10 Å². The SMILES string of the molecule is CCCC(CCC)C(O)CC1CCCc2ccccc21. The van der Waals surface area contributed by atoms with E-state index >= 15 is 0 Å². The van der Waals surface area contributed by atoms with Gasteiger partial charge in [0.2, 0.25) is 0 Å². The molecule has 0 saturated carbocycles. The second kappa shape index (κ2) is 7.83. The van der Waals surface area contributed by atoms with E-state index < -0.39 is 0 Å². The number of aliphatic hydroxyl groups is 1. The van der Waals surface area contributed by atoms with Crippen molar-refractivity contribution in [3.63, 3.8) is 0 Å². The van der Waals surface area contributed by atoms with Crippen molar-refractivity contribution < 1.29 is 5.11 Å². The summed E-state index contributed by atoms with van der Waals surface area (Å²) in [4.78, 5) is 0. The zero-order chi connectivity index (χ0) is 14.4. The van der Waals surface area contributed by atoms with E-state index in [0.29, 0.717) is 11.8 Å². The van der Waals surface area contributed by atoms with Gasteiger partial charge in [-0.1, -0.05) is 51.0 Å². The second-order valence-electron chi connectivity index (χ2n) is 6.43. The first-order chi connectivity index (χ1) is 9.76. The predicted octanol–water partition coefficient (Wildman–Crippen LogP) is 5.07. The largest absolute Gasteiger partial charge is 0.393 e. The first-order valence-corrected chi connectivity index (χ1v) is 8.52. The Morgan fingerprint density at radius 2 is 1.85 bits per heavy atom. The van der Waals surface area contributed by atoms with Crippen molar-refractivity contribution >= 4 is 0 Å². The normalized spacial score (nSPS) is 19.9. The minimum Gasteiger partial charge on any atom is -0.393 e. The summed E-state index contributed by atoms with van der Waals surface area (Å²) in [5, 5.41) is 10.6. The Morgan fingerprint density at radius 3 is 2.55 bits per heavy atom. The Kier molecular flexibility index (Phi) is 6.09. The molecule has 0 amide bonds.